The minimum absolute atomic E-state index is 0.0162. The molecule has 0 saturated heterocycles. The average molecular weight is 314 g/mol. The largest absolute Gasteiger partial charge is 0.455 e. The van der Waals surface area contributed by atoms with Crippen molar-refractivity contribution in [3.8, 4) is 0 Å². The van der Waals surface area contributed by atoms with Crippen molar-refractivity contribution in [2.75, 3.05) is 6.26 Å². The van der Waals surface area contributed by atoms with E-state index < -0.39 is 5.97 Å². The van der Waals surface area contributed by atoms with Crippen molar-refractivity contribution in [3.05, 3.63) is 53.6 Å². The third-order valence-electron chi connectivity index (χ3n) is 3.14. The van der Waals surface area contributed by atoms with E-state index in [0.29, 0.717) is 5.78 Å². The van der Waals surface area contributed by atoms with Crippen LogP contribution in [-0.4, -0.2) is 31.8 Å². The smallest absolute Gasteiger partial charge is 0.378 e. The minimum atomic E-state index is -0.557. The molecule has 0 aliphatic carbocycles. The molecule has 0 radical (unpaired) electrons. The molecule has 0 saturated carbocycles. The van der Waals surface area contributed by atoms with Crippen LogP contribution in [0, 0.1) is 6.92 Å². The number of carbonyl (C=O) groups is 1. The van der Waals surface area contributed by atoms with Crippen LogP contribution in [-0.2, 0) is 11.3 Å². The Morgan fingerprint density at radius 1 is 1.27 bits per heavy atom. The van der Waals surface area contributed by atoms with Crippen LogP contribution in [0.1, 0.15) is 21.9 Å². The third-order valence-corrected chi connectivity index (χ3v) is 3.89. The molecule has 6 nitrogen and oxygen atoms in total. The van der Waals surface area contributed by atoms with Gasteiger partial charge in [0.15, 0.2) is 0 Å². The maximum absolute atomic E-state index is 12.0. The van der Waals surface area contributed by atoms with Crippen molar-refractivity contribution in [1.29, 1.82) is 0 Å². The zero-order chi connectivity index (χ0) is 15.5. The van der Waals surface area contributed by atoms with E-state index in [1.165, 1.54) is 9.41 Å². The topological polar surface area (TPSA) is 69.4 Å². The summed E-state index contributed by atoms with van der Waals surface area (Å²) in [4.78, 5) is 21.3. The Morgan fingerprint density at radius 2 is 2.05 bits per heavy atom. The molecule has 0 bridgehead atoms. The summed E-state index contributed by atoms with van der Waals surface area (Å²) < 4.78 is 6.76. The summed E-state index contributed by atoms with van der Waals surface area (Å²) in [7, 11) is 0. The highest BCUT2D eigenvalue weighted by molar-refractivity contribution is 7.98. The van der Waals surface area contributed by atoms with Gasteiger partial charge < -0.3 is 4.74 Å². The highest BCUT2D eigenvalue weighted by Crippen LogP contribution is 2.15. The van der Waals surface area contributed by atoms with Crippen LogP contribution in [0.3, 0.4) is 0 Å². The highest BCUT2D eigenvalue weighted by atomic mass is 32.2. The number of ether oxygens (including phenoxy) is 1. The van der Waals surface area contributed by atoms with Crippen LogP contribution in [0.15, 0.2) is 41.4 Å². The van der Waals surface area contributed by atoms with Crippen molar-refractivity contribution < 1.29 is 9.53 Å². The van der Waals surface area contributed by atoms with Crippen LogP contribution in [0.4, 0.5) is 0 Å². The zero-order valence-corrected chi connectivity index (χ0v) is 13.0. The lowest BCUT2D eigenvalue weighted by molar-refractivity contribution is 0.0458. The lowest BCUT2D eigenvalue weighted by atomic mass is 10.2. The summed E-state index contributed by atoms with van der Waals surface area (Å²) in [6.45, 7) is 2.06. The van der Waals surface area contributed by atoms with E-state index in [4.69, 9.17) is 4.74 Å². The predicted molar refractivity (Wildman–Crippen MR) is 82.9 cm³/mol. The van der Waals surface area contributed by atoms with E-state index in [0.717, 1.165) is 11.3 Å². The van der Waals surface area contributed by atoms with E-state index >= 15 is 0 Å². The van der Waals surface area contributed by atoms with Crippen LogP contribution >= 0.6 is 11.8 Å². The SMILES string of the molecule is CSc1ccc(COC(=O)c2nc3nccc(C)n3n2)cc1. The van der Waals surface area contributed by atoms with Crippen molar-refractivity contribution in [2.45, 2.75) is 18.4 Å². The van der Waals surface area contributed by atoms with Crippen molar-refractivity contribution >= 4 is 23.5 Å². The fraction of sp³-hybridized carbons (Fsp3) is 0.200. The second-order valence-corrected chi connectivity index (χ2v) is 5.54. The molecule has 0 N–H and O–H groups in total. The molecule has 0 fully saturated rings. The minimum Gasteiger partial charge on any atom is -0.455 e. The van der Waals surface area contributed by atoms with E-state index in [2.05, 4.69) is 15.1 Å². The van der Waals surface area contributed by atoms with Gasteiger partial charge in [-0.2, -0.15) is 4.98 Å². The molecule has 0 amide bonds. The zero-order valence-electron chi connectivity index (χ0n) is 12.2. The number of aryl methyl sites for hydroxylation is 1. The Morgan fingerprint density at radius 3 is 2.73 bits per heavy atom. The first kappa shape index (κ1) is 14.5. The first-order valence-electron chi connectivity index (χ1n) is 6.66. The molecule has 3 aromatic rings. The number of fused-ring (bicyclic) bond motifs is 1. The van der Waals surface area contributed by atoms with Gasteiger partial charge in [-0.15, -0.1) is 16.9 Å². The average Bonchev–Trinajstić information content (AvgIpc) is 2.99. The van der Waals surface area contributed by atoms with Gasteiger partial charge in [-0.25, -0.2) is 14.3 Å². The van der Waals surface area contributed by atoms with E-state index in [9.17, 15) is 4.79 Å². The molecule has 0 atom stereocenters. The summed E-state index contributed by atoms with van der Waals surface area (Å²) in [6, 6.07) is 9.64. The summed E-state index contributed by atoms with van der Waals surface area (Å²) in [5, 5.41) is 4.12. The number of benzene rings is 1. The maximum atomic E-state index is 12.0. The number of hydrogen-bond acceptors (Lipinski definition) is 6. The second kappa shape index (κ2) is 6.15. The molecular formula is C15H14N4O2S. The molecule has 0 aliphatic rings. The molecule has 3 rings (SSSR count). The number of rotatable bonds is 4. The Balaban J connectivity index is 1.71. The van der Waals surface area contributed by atoms with Crippen molar-refractivity contribution in [3.63, 3.8) is 0 Å². The fourth-order valence-electron chi connectivity index (χ4n) is 1.93. The Labute approximate surface area is 131 Å². The number of carbonyl (C=O) groups excluding carboxylic acids is 1. The van der Waals surface area contributed by atoms with Crippen LogP contribution in [0.2, 0.25) is 0 Å². The van der Waals surface area contributed by atoms with Gasteiger partial charge in [0.1, 0.15) is 6.61 Å². The first-order chi connectivity index (χ1) is 10.7. The summed E-state index contributed by atoms with van der Waals surface area (Å²) in [6.07, 6.45) is 3.64. The van der Waals surface area contributed by atoms with E-state index in [1.54, 1.807) is 24.0 Å². The molecule has 112 valence electrons. The molecule has 0 aliphatic heterocycles. The van der Waals surface area contributed by atoms with Crippen LogP contribution in [0.5, 0.6) is 0 Å². The Kier molecular flexibility index (Phi) is 4.06. The van der Waals surface area contributed by atoms with Gasteiger partial charge >= 0.3 is 5.97 Å². The van der Waals surface area contributed by atoms with Crippen molar-refractivity contribution in [2.24, 2.45) is 0 Å². The molecule has 2 heterocycles. The van der Waals surface area contributed by atoms with Crippen LogP contribution < -0.4 is 0 Å². The number of esters is 1. The number of thioether (sulfide) groups is 1. The van der Waals surface area contributed by atoms with Gasteiger partial charge in [-0.3, -0.25) is 0 Å². The monoisotopic (exact) mass is 314 g/mol. The number of nitrogens with zero attached hydrogens (tertiary/aromatic N) is 4. The standard InChI is InChI=1S/C15H14N4O2S/c1-10-7-8-16-15-17-13(18-19(10)15)14(20)21-9-11-3-5-12(22-2)6-4-11/h3-8H,9H2,1-2H3. The number of aromatic nitrogens is 4. The van der Waals surface area contributed by atoms with Crippen LogP contribution in [0.25, 0.3) is 5.78 Å². The fourth-order valence-corrected chi connectivity index (χ4v) is 2.34. The second-order valence-electron chi connectivity index (χ2n) is 4.66. The lowest BCUT2D eigenvalue weighted by Gasteiger charge is -2.03. The quantitative estimate of drug-likeness (QED) is 0.544. The summed E-state index contributed by atoms with van der Waals surface area (Å²) in [5.74, 6) is -0.155. The van der Waals surface area contributed by atoms with Gasteiger partial charge in [0.2, 0.25) is 0 Å². The molecule has 1 aromatic carbocycles. The van der Waals surface area contributed by atoms with E-state index in [-0.39, 0.29) is 12.4 Å². The maximum Gasteiger partial charge on any atom is 0.378 e. The first-order valence-corrected chi connectivity index (χ1v) is 7.88. The van der Waals surface area contributed by atoms with Gasteiger partial charge in [-0.05, 0) is 36.9 Å². The lowest BCUT2D eigenvalue weighted by Crippen LogP contribution is -2.07. The molecule has 0 unspecified atom stereocenters. The van der Waals surface area contributed by atoms with E-state index in [1.807, 2.05) is 37.4 Å². The third kappa shape index (κ3) is 2.94. The summed E-state index contributed by atoms with van der Waals surface area (Å²) >= 11 is 1.67. The normalized spacial score (nSPS) is 10.8. The van der Waals surface area contributed by atoms with Gasteiger partial charge in [0.05, 0.1) is 0 Å². The van der Waals surface area contributed by atoms with Gasteiger partial charge in [0.25, 0.3) is 11.6 Å². The molecule has 2 aromatic heterocycles. The Bertz CT molecular complexity index is 814. The molecule has 0 spiro atoms. The Hall–Kier alpha value is -2.41. The highest BCUT2D eigenvalue weighted by Gasteiger charge is 2.15. The predicted octanol–water partition coefficient (Wildman–Crippen LogP) is 2.51. The van der Waals surface area contributed by atoms with Gasteiger partial charge in [-0.1, -0.05) is 12.1 Å². The molecular weight excluding hydrogens is 300 g/mol. The molecule has 22 heavy (non-hydrogen) atoms. The van der Waals surface area contributed by atoms with Gasteiger partial charge in [0, 0.05) is 16.8 Å². The number of hydrogen-bond donors (Lipinski definition) is 0. The summed E-state index contributed by atoms with van der Waals surface area (Å²) in [5.41, 5.74) is 1.77. The van der Waals surface area contributed by atoms with Crippen molar-refractivity contribution in [1.82, 2.24) is 19.6 Å². The molecule has 7 heteroatoms.